The third-order valence-electron chi connectivity index (χ3n) is 3.18. The molecule has 7 heteroatoms. The van der Waals surface area contributed by atoms with Gasteiger partial charge in [-0.1, -0.05) is 6.07 Å². The minimum Gasteiger partial charge on any atom is -0.493 e. The number of amides is 1. The Morgan fingerprint density at radius 1 is 1.55 bits per heavy atom. The van der Waals surface area contributed by atoms with Crippen LogP contribution in [-0.4, -0.2) is 34.7 Å². The zero-order valence-electron chi connectivity index (χ0n) is 11.0. The van der Waals surface area contributed by atoms with Crippen molar-refractivity contribution < 1.29 is 19.6 Å². The van der Waals surface area contributed by atoms with Crippen LogP contribution in [0.25, 0.3) is 0 Å². The summed E-state index contributed by atoms with van der Waals surface area (Å²) < 4.78 is 5.29. The molecule has 0 atom stereocenters. The van der Waals surface area contributed by atoms with Crippen molar-refractivity contribution in [1.29, 1.82) is 0 Å². The van der Waals surface area contributed by atoms with Crippen LogP contribution in [0.3, 0.4) is 0 Å². The number of nitro groups is 1. The van der Waals surface area contributed by atoms with Gasteiger partial charge < -0.3 is 15.2 Å². The normalized spacial score (nSPS) is 20.9. The number of nitrogens with zero attached hydrogens (tertiary/aromatic N) is 1. The summed E-state index contributed by atoms with van der Waals surface area (Å²) in [5.41, 5.74) is -0.353. The van der Waals surface area contributed by atoms with E-state index in [1.807, 2.05) is 0 Å². The summed E-state index contributed by atoms with van der Waals surface area (Å²) in [6.07, 6.45) is 0.532. The van der Waals surface area contributed by atoms with Gasteiger partial charge in [-0.2, -0.15) is 0 Å². The van der Waals surface area contributed by atoms with E-state index in [0.29, 0.717) is 19.4 Å². The topological polar surface area (TPSA) is 102 Å². The molecule has 1 saturated carbocycles. The van der Waals surface area contributed by atoms with Gasteiger partial charge in [-0.05, 0) is 25.8 Å². The Hall–Kier alpha value is -2.15. The number of nitrogens with one attached hydrogen (secondary N) is 1. The monoisotopic (exact) mass is 280 g/mol. The molecule has 108 valence electrons. The molecule has 0 heterocycles. The van der Waals surface area contributed by atoms with Crippen molar-refractivity contribution in [3.63, 3.8) is 0 Å². The zero-order chi connectivity index (χ0) is 14.7. The summed E-state index contributed by atoms with van der Waals surface area (Å²) in [4.78, 5) is 22.6. The molecule has 1 aromatic rings. The predicted octanol–water partition coefficient (Wildman–Crippen LogP) is 1.25. The van der Waals surface area contributed by atoms with Crippen molar-refractivity contribution in [1.82, 2.24) is 5.32 Å². The van der Waals surface area contributed by atoms with E-state index < -0.39 is 16.9 Å². The van der Waals surface area contributed by atoms with E-state index in [-0.39, 0.29) is 23.0 Å². The van der Waals surface area contributed by atoms with Crippen molar-refractivity contribution in [2.75, 3.05) is 6.61 Å². The number of aliphatic hydroxyl groups excluding tert-OH is 1. The molecule has 2 N–H and O–H groups in total. The summed E-state index contributed by atoms with van der Waals surface area (Å²) >= 11 is 0. The molecule has 0 spiro atoms. The van der Waals surface area contributed by atoms with Crippen LogP contribution < -0.4 is 10.1 Å². The number of carbonyl (C=O) groups is 1. The maximum Gasteiger partial charge on any atom is 0.285 e. The molecule has 7 nitrogen and oxygen atoms in total. The van der Waals surface area contributed by atoms with Gasteiger partial charge in [0.15, 0.2) is 5.56 Å². The number of benzene rings is 1. The Morgan fingerprint density at radius 3 is 2.80 bits per heavy atom. The number of carbonyl (C=O) groups excluding carboxylic acids is 1. The standard InChI is InChI=1S/C13H16N2O5/c1-2-20-11-5-3-4-10(15(18)19)12(11)13(17)14-8-6-9(16)7-8/h3-5,8-9,16H,2,6-7H2,1H3,(H,14,17). The first-order chi connectivity index (χ1) is 9.52. The number of hydrogen-bond donors (Lipinski definition) is 2. The quantitative estimate of drug-likeness (QED) is 0.624. The van der Waals surface area contributed by atoms with Crippen molar-refractivity contribution in [3.8, 4) is 5.75 Å². The lowest BCUT2D eigenvalue weighted by Gasteiger charge is -2.32. The fourth-order valence-electron chi connectivity index (χ4n) is 2.14. The lowest BCUT2D eigenvalue weighted by molar-refractivity contribution is -0.385. The van der Waals surface area contributed by atoms with Gasteiger partial charge in [-0.3, -0.25) is 14.9 Å². The molecule has 2 rings (SSSR count). The average molecular weight is 280 g/mol. The largest absolute Gasteiger partial charge is 0.493 e. The molecule has 1 aromatic carbocycles. The van der Waals surface area contributed by atoms with Gasteiger partial charge in [0, 0.05) is 12.1 Å². The van der Waals surface area contributed by atoms with E-state index in [1.165, 1.54) is 18.2 Å². The molecule has 0 bridgehead atoms. The molecule has 0 saturated heterocycles. The maximum absolute atomic E-state index is 12.2. The van der Waals surface area contributed by atoms with Gasteiger partial charge in [0.25, 0.3) is 11.6 Å². The first-order valence-electron chi connectivity index (χ1n) is 6.42. The summed E-state index contributed by atoms with van der Waals surface area (Å²) in [5, 5.41) is 22.9. The minimum absolute atomic E-state index is 0.0688. The molecule has 0 aliphatic heterocycles. The van der Waals surface area contributed by atoms with E-state index in [2.05, 4.69) is 5.32 Å². The molecule has 1 aliphatic carbocycles. The van der Waals surface area contributed by atoms with Crippen LogP contribution in [0.4, 0.5) is 5.69 Å². The SMILES string of the molecule is CCOc1cccc([N+](=O)[O-])c1C(=O)NC1CC(O)C1. The van der Waals surface area contributed by atoms with Gasteiger partial charge >= 0.3 is 0 Å². The Labute approximate surface area is 115 Å². The Bertz CT molecular complexity index is 525. The second kappa shape index (κ2) is 5.87. The molecule has 1 amide bonds. The van der Waals surface area contributed by atoms with E-state index in [9.17, 15) is 20.0 Å². The van der Waals surface area contributed by atoms with E-state index in [4.69, 9.17) is 4.74 Å². The second-order valence-electron chi connectivity index (χ2n) is 4.64. The first kappa shape index (κ1) is 14.3. The van der Waals surface area contributed by atoms with Gasteiger partial charge in [-0.25, -0.2) is 0 Å². The van der Waals surface area contributed by atoms with Gasteiger partial charge in [0.2, 0.25) is 0 Å². The summed E-state index contributed by atoms with van der Waals surface area (Å²) in [7, 11) is 0. The Balaban J connectivity index is 2.26. The van der Waals surface area contributed by atoms with Crippen LogP contribution in [0.15, 0.2) is 18.2 Å². The van der Waals surface area contributed by atoms with Crippen LogP contribution in [0.2, 0.25) is 0 Å². The van der Waals surface area contributed by atoms with E-state index in [0.717, 1.165) is 0 Å². The van der Waals surface area contributed by atoms with Gasteiger partial charge in [0.1, 0.15) is 5.75 Å². The highest BCUT2D eigenvalue weighted by Gasteiger charge is 2.32. The number of nitro benzene ring substituents is 1. The predicted molar refractivity (Wildman–Crippen MR) is 70.8 cm³/mol. The smallest absolute Gasteiger partial charge is 0.285 e. The maximum atomic E-state index is 12.2. The summed E-state index contributed by atoms with van der Waals surface area (Å²) in [6, 6.07) is 4.13. The lowest BCUT2D eigenvalue weighted by Crippen LogP contribution is -2.46. The summed E-state index contributed by atoms with van der Waals surface area (Å²) in [5.74, 6) is -0.350. The van der Waals surface area contributed by atoms with Crippen molar-refractivity contribution >= 4 is 11.6 Å². The number of ether oxygens (including phenoxy) is 1. The summed E-state index contributed by atoms with van der Waals surface area (Å²) in [6.45, 7) is 2.05. The molecular formula is C13H16N2O5. The van der Waals surface area contributed by atoms with Crippen molar-refractivity contribution in [3.05, 3.63) is 33.9 Å². The van der Waals surface area contributed by atoms with Crippen LogP contribution in [-0.2, 0) is 0 Å². The Morgan fingerprint density at radius 2 is 2.25 bits per heavy atom. The highest BCUT2D eigenvalue weighted by atomic mass is 16.6. The molecule has 0 unspecified atom stereocenters. The fraction of sp³-hybridized carbons (Fsp3) is 0.462. The average Bonchev–Trinajstić information content (AvgIpc) is 2.36. The van der Waals surface area contributed by atoms with Gasteiger partial charge in [0.05, 0.1) is 17.6 Å². The Kier molecular flexibility index (Phi) is 4.19. The van der Waals surface area contributed by atoms with Crippen LogP contribution in [0, 0.1) is 10.1 Å². The van der Waals surface area contributed by atoms with E-state index >= 15 is 0 Å². The fourth-order valence-corrected chi connectivity index (χ4v) is 2.14. The molecule has 0 aromatic heterocycles. The molecular weight excluding hydrogens is 264 g/mol. The lowest BCUT2D eigenvalue weighted by atomic mass is 9.89. The number of aliphatic hydroxyl groups is 1. The number of hydrogen-bond acceptors (Lipinski definition) is 5. The molecule has 1 fully saturated rings. The minimum atomic E-state index is -0.604. The zero-order valence-corrected chi connectivity index (χ0v) is 11.0. The van der Waals surface area contributed by atoms with E-state index in [1.54, 1.807) is 6.92 Å². The molecule has 1 aliphatic rings. The second-order valence-corrected chi connectivity index (χ2v) is 4.64. The first-order valence-corrected chi connectivity index (χ1v) is 6.42. The van der Waals surface area contributed by atoms with Crippen molar-refractivity contribution in [2.45, 2.75) is 31.9 Å². The third-order valence-corrected chi connectivity index (χ3v) is 3.18. The molecule has 20 heavy (non-hydrogen) atoms. The van der Waals surface area contributed by atoms with Crippen LogP contribution in [0.1, 0.15) is 30.1 Å². The van der Waals surface area contributed by atoms with Gasteiger partial charge in [-0.15, -0.1) is 0 Å². The van der Waals surface area contributed by atoms with Crippen LogP contribution in [0.5, 0.6) is 5.75 Å². The highest BCUT2D eigenvalue weighted by Crippen LogP contribution is 2.29. The number of rotatable bonds is 5. The van der Waals surface area contributed by atoms with Crippen LogP contribution >= 0.6 is 0 Å². The van der Waals surface area contributed by atoms with Crippen molar-refractivity contribution in [2.24, 2.45) is 0 Å². The highest BCUT2D eigenvalue weighted by molar-refractivity contribution is 6.01. The third kappa shape index (κ3) is 2.88. The molecule has 0 radical (unpaired) electrons.